The second kappa shape index (κ2) is 6.13. The van der Waals surface area contributed by atoms with Crippen LogP contribution in [-0.4, -0.2) is 10.9 Å². The molecule has 2 heterocycles. The Balaban J connectivity index is 1.50. The Hall–Kier alpha value is -3.34. The van der Waals surface area contributed by atoms with Crippen molar-refractivity contribution in [2.75, 3.05) is 5.32 Å². The molecule has 0 aliphatic heterocycles. The lowest BCUT2D eigenvalue weighted by molar-refractivity contribution is 0.0998. The maximum absolute atomic E-state index is 12.5. The van der Waals surface area contributed by atoms with Gasteiger partial charge < -0.3 is 14.7 Å². The van der Waals surface area contributed by atoms with E-state index in [1.807, 2.05) is 42.5 Å². The summed E-state index contributed by atoms with van der Waals surface area (Å²) in [6.07, 6.45) is 3.94. The first kappa shape index (κ1) is 15.9. The smallest absolute Gasteiger partial charge is 0.291 e. The zero-order chi connectivity index (χ0) is 18.4. The number of hydrogen-bond donors (Lipinski definition) is 2. The monoisotopic (exact) mass is 358 g/mol. The summed E-state index contributed by atoms with van der Waals surface area (Å²) in [5.74, 6) is -0.0545. The second-order valence-electron chi connectivity index (χ2n) is 6.98. The van der Waals surface area contributed by atoms with Crippen molar-refractivity contribution >= 4 is 33.5 Å². The minimum absolute atomic E-state index is 0.0158. The highest BCUT2D eigenvalue weighted by molar-refractivity contribution is 6.05. The molecule has 0 radical (unpaired) electrons. The fourth-order valence-electron chi connectivity index (χ4n) is 3.93. The number of amides is 1. The van der Waals surface area contributed by atoms with Crippen LogP contribution in [0.15, 0.2) is 57.7 Å². The first-order chi connectivity index (χ1) is 13.2. The molecule has 0 bridgehead atoms. The van der Waals surface area contributed by atoms with Gasteiger partial charge >= 0.3 is 0 Å². The number of aromatic amines is 1. The van der Waals surface area contributed by atoms with Gasteiger partial charge in [0.15, 0.2) is 5.76 Å². The Morgan fingerprint density at radius 3 is 2.67 bits per heavy atom. The first-order valence-corrected chi connectivity index (χ1v) is 9.17. The molecule has 1 aliphatic rings. The second-order valence-corrected chi connectivity index (χ2v) is 6.98. The summed E-state index contributed by atoms with van der Waals surface area (Å²) in [5, 5.41) is 4.80. The lowest BCUT2D eigenvalue weighted by Gasteiger charge is -2.17. The largest absolute Gasteiger partial charge is 0.451 e. The Morgan fingerprint density at radius 1 is 1.00 bits per heavy atom. The molecule has 0 unspecified atom stereocenters. The maximum Gasteiger partial charge on any atom is 0.291 e. The van der Waals surface area contributed by atoms with Crippen molar-refractivity contribution in [2.45, 2.75) is 25.7 Å². The van der Waals surface area contributed by atoms with E-state index in [-0.39, 0.29) is 17.2 Å². The molecule has 0 spiro atoms. The Labute approximate surface area is 155 Å². The lowest BCUT2D eigenvalue weighted by atomic mass is 9.90. The molecule has 134 valence electrons. The molecule has 0 atom stereocenters. The van der Waals surface area contributed by atoms with Crippen LogP contribution in [-0.2, 0) is 12.8 Å². The number of carbonyl (C=O) groups excluding carboxylic acids is 1. The molecule has 0 saturated heterocycles. The van der Waals surface area contributed by atoms with Crippen molar-refractivity contribution in [3.8, 4) is 0 Å². The van der Waals surface area contributed by atoms with Gasteiger partial charge in [-0.3, -0.25) is 9.59 Å². The molecule has 2 aromatic carbocycles. The van der Waals surface area contributed by atoms with Crippen molar-refractivity contribution in [1.82, 2.24) is 4.98 Å². The molecule has 0 saturated carbocycles. The summed E-state index contributed by atoms with van der Waals surface area (Å²) in [6, 6.07) is 14.9. The molecule has 0 fully saturated rings. The van der Waals surface area contributed by atoms with Gasteiger partial charge in [-0.05, 0) is 55.5 Å². The van der Waals surface area contributed by atoms with Gasteiger partial charge in [0.1, 0.15) is 5.58 Å². The third kappa shape index (κ3) is 2.72. The van der Waals surface area contributed by atoms with Crippen LogP contribution in [0.25, 0.3) is 21.9 Å². The number of furan rings is 1. The summed E-state index contributed by atoms with van der Waals surface area (Å²) < 4.78 is 5.61. The van der Waals surface area contributed by atoms with Gasteiger partial charge in [-0.25, -0.2) is 0 Å². The molecule has 1 amide bonds. The number of para-hydroxylation sites is 1. The van der Waals surface area contributed by atoms with Gasteiger partial charge in [0.2, 0.25) is 0 Å². The molecule has 1 aliphatic carbocycles. The van der Waals surface area contributed by atoms with Crippen molar-refractivity contribution in [1.29, 1.82) is 0 Å². The average molecular weight is 358 g/mol. The van der Waals surface area contributed by atoms with E-state index in [1.165, 1.54) is 0 Å². The number of hydrogen-bond acceptors (Lipinski definition) is 3. The number of nitrogens with one attached hydrogen (secondary N) is 2. The molecule has 27 heavy (non-hydrogen) atoms. The molecule has 5 heteroatoms. The third-order valence-corrected chi connectivity index (χ3v) is 5.24. The Bertz CT molecular complexity index is 1220. The number of benzene rings is 2. The van der Waals surface area contributed by atoms with Crippen LogP contribution in [0.2, 0.25) is 0 Å². The average Bonchev–Trinajstić information content (AvgIpc) is 3.12. The van der Waals surface area contributed by atoms with Crippen molar-refractivity contribution in [3.05, 3.63) is 75.8 Å². The standard InChI is InChI=1S/C22H18N2O3/c25-21-17-7-3-2-6-15(17)16-10-9-14(12-18(16)24-21)23-22(26)20-11-13-5-1-4-8-19(13)27-20/h1,4-5,8-12H,2-3,6-7H2,(H,23,26)(H,24,25). The van der Waals surface area contributed by atoms with E-state index in [0.29, 0.717) is 11.3 Å². The quantitative estimate of drug-likeness (QED) is 0.557. The minimum Gasteiger partial charge on any atom is -0.451 e. The van der Waals surface area contributed by atoms with E-state index in [1.54, 1.807) is 6.07 Å². The number of rotatable bonds is 2. The zero-order valence-corrected chi connectivity index (χ0v) is 14.7. The van der Waals surface area contributed by atoms with E-state index < -0.39 is 0 Å². The lowest BCUT2D eigenvalue weighted by Crippen LogP contribution is -2.19. The Morgan fingerprint density at radius 2 is 1.81 bits per heavy atom. The van der Waals surface area contributed by atoms with E-state index in [2.05, 4.69) is 10.3 Å². The number of anilines is 1. The summed E-state index contributed by atoms with van der Waals surface area (Å²) in [6.45, 7) is 0. The van der Waals surface area contributed by atoms with Crippen molar-refractivity contribution in [3.63, 3.8) is 0 Å². The van der Waals surface area contributed by atoms with Gasteiger partial charge in [0.25, 0.3) is 11.5 Å². The van der Waals surface area contributed by atoms with E-state index >= 15 is 0 Å². The third-order valence-electron chi connectivity index (χ3n) is 5.24. The molecule has 5 rings (SSSR count). The highest BCUT2D eigenvalue weighted by atomic mass is 16.3. The topological polar surface area (TPSA) is 75.1 Å². The van der Waals surface area contributed by atoms with Crippen LogP contribution in [0.5, 0.6) is 0 Å². The van der Waals surface area contributed by atoms with Crippen LogP contribution in [0.1, 0.15) is 34.5 Å². The summed E-state index contributed by atoms with van der Waals surface area (Å²) >= 11 is 0. The summed E-state index contributed by atoms with van der Waals surface area (Å²) in [4.78, 5) is 27.9. The highest BCUT2D eigenvalue weighted by Gasteiger charge is 2.17. The molecule has 2 N–H and O–H groups in total. The van der Waals surface area contributed by atoms with Crippen molar-refractivity contribution < 1.29 is 9.21 Å². The summed E-state index contributed by atoms with van der Waals surface area (Å²) in [7, 11) is 0. The van der Waals surface area contributed by atoms with Gasteiger partial charge in [-0.1, -0.05) is 24.3 Å². The van der Waals surface area contributed by atoms with Crippen molar-refractivity contribution in [2.24, 2.45) is 0 Å². The zero-order valence-electron chi connectivity index (χ0n) is 14.7. The predicted octanol–water partition coefficient (Wildman–Crippen LogP) is 4.41. The first-order valence-electron chi connectivity index (χ1n) is 9.17. The normalized spacial score (nSPS) is 13.6. The number of aromatic nitrogens is 1. The van der Waals surface area contributed by atoms with E-state index in [9.17, 15) is 9.59 Å². The van der Waals surface area contributed by atoms with Crippen LogP contribution < -0.4 is 10.9 Å². The number of fused-ring (bicyclic) bond motifs is 4. The fraction of sp³-hybridized carbons (Fsp3) is 0.182. The predicted molar refractivity (Wildman–Crippen MR) is 105 cm³/mol. The maximum atomic E-state index is 12.5. The van der Waals surface area contributed by atoms with Gasteiger partial charge in [0.05, 0.1) is 5.52 Å². The number of aryl methyl sites for hydroxylation is 1. The SMILES string of the molecule is O=C(Nc1ccc2c3c(c(=O)[nH]c2c1)CCCC3)c1cc2ccccc2o1. The van der Waals surface area contributed by atoms with Crippen LogP contribution in [0.3, 0.4) is 0 Å². The van der Waals surface area contributed by atoms with Gasteiger partial charge in [-0.2, -0.15) is 0 Å². The molecule has 4 aromatic rings. The summed E-state index contributed by atoms with van der Waals surface area (Å²) in [5.41, 5.74) is 4.10. The molecule has 2 aromatic heterocycles. The van der Waals surface area contributed by atoms with Gasteiger partial charge in [0, 0.05) is 22.0 Å². The molecular weight excluding hydrogens is 340 g/mol. The molecule has 5 nitrogen and oxygen atoms in total. The van der Waals surface area contributed by atoms with Crippen LogP contribution in [0, 0.1) is 0 Å². The number of H-pyrrole nitrogens is 1. The van der Waals surface area contributed by atoms with Gasteiger partial charge in [-0.15, -0.1) is 0 Å². The number of pyridine rings is 1. The van der Waals surface area contributed by atoms with E-state index in [4.69, 9.17) is 4.42 Å². The number of carbonyl (C=O) groups is 1. The van der Waals surface area contributed by atoms with Crippen LogP contribution >= 0.6 is 0 Å². The van der Waals surface area contributed by atoms with E-state index in [0.717, 1.165) is 53.1 Å². The van der Waals surface area contributed by atoms with Crippen LogP contribution in [0.4, 0.5) is 5.69 Å². The highest BCUT2D eigenvalue weighted by Crippen LogP contribution is 2.27. The fourth-order valence-corrected chi connectivity index (χ4v) is 3.93. The minimum atomic E-state index is -0.314. The molecular formula is C22H18N2O3. The Kier molecular flexibility index (Phi) is 3.60.